The SMILES string of the molecule is C#CCCCCO.N#Cc1ccc(-c2ccc(-c3ccc(Br)cc3)cc2F)cc1.N#Cc1ccc(-c2ccc(-c3ccc(C#CCCCCO)cc3)cc2F)cc1. The third kappa shape index (κ3) is 13.7. The van der Waals surface area contributed by atoms with Crippen LogP contribution in [0.2, 0.25) is 0 Å². The maximum Gasteiger partial charge on any atom is 0.131 e. The fourth-order valence-electron chi connectivity index (χ4n) is 5.52. The quantitative estimate of drug-likeness (QED) is 0.106. The fourth-order valence-corrected chi connectivity index (χ4v) is 5.79. The third-order valence-corrected chi connectivity index (χ3v) is 9.18. The molecular weight excluding hydrogens is 778 g/mol. The Labute approximate surface area is 342 Å². The van der Waals surface area contributed by atoms with Gasteiger partial charge in [0, 0.05) is 47.2 Å². The van der Waals surface area contributed by atoms with Gasteiger partial charge in [-0.1, -0.05) is 101 Å². The van der Waals surface area contributed by atoms with Gasteiger partial charge in [0.25, 0.3) is 0 Å². The van der Waals surface area contributed by atoms with E-state index < -0.39 is 0 Å². The molecular formula is C50H41BrF2N2O2. The number of halogens is 3. The highest BCUT2D eigenvalue weighted by Crippen LogP contribution is 2.30. The van der Waals surface area contributed by atoms with Gasteiger partial charge < -0.3 is 10.2 Å². The fraction of sp³-hybridized carbons (Fsp3) is 0.160. The summed E-state index contributed by atoms with van der Waals surface area (Å²) in [5, 5.41) is 34.7. The zero-order valence-corrected chi connectivity index (χ0v) is 32.9. The molecule has 0 heterocycles. The van der Waals surface area contributed by atoms with Crippen LogP contribution in [-0.4, -0.2) is 23.4 Å². The van der Waals surface area contributed by atoms with Gasteiger partial charge in [0.2, 0.25) is 0 Å². The van der Waals surface area contributed by atoms with Gasteiger partial charge in [-0.2, -0.15) is 10.5 Å². The summed E-state index contributed by atoms with van der Waals surface area (Å²) in [5.74, 6) is 8.12. The highest BCUT2D eigenvalue weighted by molar-refractivity contribution is 9.10. The van der Waals surface area contributed by atoms with E-state index in [2.05, 4.69) is 45.8 Å². The summed E-state index contributed by atoms with van der Waals surface area (Å²) in [7, 11) is 0. The lowest BCUT2D eigenvalue weighted by molar-refractivity contribution is 0.285. The number of benzene rings is 6. The largest absolute Gasteiger partial charge is 0.396 e. The van der Waals surface area contributed by atoms with E-state index in [1.165, 1.54) is 12.1 Å². The number of hydrogen-bond acceptors (Lipinski definition) is 4. The molecule has 0 spiro atoms. The van der Waals surface area contributed by atoms with E-state index in [9.17, 15) is 8.78 Å². The van der Waals surface area contributed by atoms with Gasteiger partial charge in [-0.3, -0.25) is 0 Å². The molecule has 57 heavy (non-hydrogen) atoms. The molecule has 0 fully saturated rings. The zero-order valence-electron chi connectivity index (χ0n) is 31.4. The van der Waals surface area contributed by atoms with E-state index in [-0.39, 0.29) is 24.8 Å². The topological polar surface area (TPSA) is 88.0 Å². The van der Waals surface area contributed by atoms with Crippen molar-refractivity contribution in [2.45, 2.75) is 38.5 Å². The first-order valence-corrected chi connectivity index (χ1v) is 19.2. The molecule has 0 aliphatic rings. The van der Waals surface area contributed by atoms with Crippen LogP contribution in [0.4, 0.5) is 8.78 Å². The van der Waals surface area contributed by atoms with Gasteiger partial charge in [-0.15, -0.1) is 12.3 Å². The van der Waals surface area contributed by atoms with Crippen LogP contribution in [-0.2, 0) is 0 Å². The molecule has 2 N–H and O–H groups in total. The molecule has 0 saturated heterocycles. The highest BCUT2D eigenvalue weighted by atomic mass is 79.9. The van der Waals surface area contributed by atoms with Crippen LogP contribution in [0.5, 0.6) is 0 Å². The monoisotopic (exact) mass is 818 g/mol. The lowest BCUT2D eigenvalue weighted by Gasteiger charge is -2.07. The Balaban J connectivity index is 0.000000221. The van der Waals surface area contributed by atoms with E-state index in [4.69, 9.17) is 27.2 Å². The number of terminal acetylenes is 1. The lowest BCUT2D eigenvalue weighted by Crippen LogP contribution is -1.87. The Bertz CT molecular complexity index is 2380. The van der Waals surface area contributed by atoms with Gasteiger partial charge in [0.05, 0.1) is 23.3 Å². The molecule has 0 amide bonds. The van der Waals surface area contributed by atoms with Crippen molar-refractivity contribution in [3.05, 3.63) is 166 Å². The molecule has 0 radical (unpaired) electrons. The first-order valence-electron chi connectivity index (χ1n) is 18.4. The Morgan fingerprint density at radius 1 is 0.491 bits per heavy atom. The van der Waals surface area contributed by atoms with Gasteiger partial charge >= 0.3 is 0 Å². The molecule has 0 aliphatic heterocycles. The number of rotatable bonds is 10. The number of nitriles is 2. The van der Waals surface area contributed by atoms with Crippen LogP contribution in [0.15, 0.2) is 138 Å². The molecule has 0 bridgehead atoms. The van der Waals surface area contributed by atoms with Crippen molar-refractivity contribution in [3.8, 4) is 80.8 Å². The average Bonchev–Trinajstić information content (AvgIpc) is 3.25. The second-order valence-corrected chi connectivity index (χ2v) is 13.6. The second-order valence-electron chi connectivity index (χ2n) is 12.7. The molecule has 0 atom stereocenters. The summed E-state index contributed by atoms with van der Waals surface area (Å²) in [5.41, 5.74) is 8.12. The Morgan fingerprint density at radius 3 is 1.28 bits per heavy atom. The number of aliphatic hydroxyl groups is 2. The maximum absolute atomic E-state index is 14.6. The Kier molecular flexibility index (Phi) is 17.9. The van der Waals surface area contributed by atoms with Crippen LogP contribution in [0.3, 0.4) is 0 Å². The molecule has 0 aliphatic carbocycles. The van der Waals surface area contributed by atoms with E-state index in [1.54, 1.807) is 60.7 Å². The highest BCUT2D eigenvalue weighted by Gasteiger charge is 2.09. The molecule has 0 aromatic heterocycles. The molecule has 4 nitrogen and oxygen atoms in total. The Hall–Kier alpha value is -6.32. The van der Waals surface area contributed by atoms with Crippen LogP contribution < -0.4 is 0 Å². The normalized spacial score (nSPS) is 9.86. The predicted octanol–water partition coefficient (Wildman–Crippen LogP) is 12.1. The van der Waals surface area contributed by atoms with Gasteiger partial charge in [0.15, 0.2) is 0 Å². The predicted molar refractivity (Wildman–Crippen MR) is 229 cm³/mol. The van der Waals surface area contributed by atoms with Crippen LogP contribution in [0, 0.1) is 58.5 Å². The van der Waals surface area contributed by atoms with Gasteiger partial charge in [0.1, 0.15) is 11.6 Å². The third-order valence-electron chi connectivity index (χ3n) is 8.66. The summed E-state index contributed by atoms with van der Waals surface area (Å²) in [6, 6.07) is 43.8. The first-order chi connectivity index (χ1) is 27.8. The van der Waals surface area contributed by atoms with Crippen LogP contribution in [0.25, 0.3) is 44.5 Å². The molecule has 284 valence electrons. The van der Waals surface area contributed by atoms with E-state index in [0.717, 1.165) is 81.9 Å². The smallest absolute Gasteiger partial charge is 0.131 e. The summed E-state index contributed by atoms with van der Waals surface area (Å²) >= 11 is 3.39. The summed E-state index contributed by atoms with van der Waals surface area (Å²) in [6.07, 6.45) is 9.96. The van der Waals surface area contributed by atoms with E-state index in [1.807, 2.05) is 60.7 Å². The summed E-state index contributed by atoms with van der Waals surface area (Å²) in [6.45, 7) is 0.471. The van der Waals surface area contributed by atoms with Crippen molar-refractivity contribution in [2.24, 2.45) is 0 Å². The van der Waals surface area contributed by atoms with Crippen LogP contribution in [0.1, 0.15) is 55.2 Å². The van der Waals surface area contributed by atoms with Crippen LogP contribution >= 0.6 is 15.9 Å². The van der Waals surface area contributed by atoms with Crippen molar-refractivity contribution in [1.82, 2.24) is 0 Å². The van der Waals surface area contributed by atoms with Crippen molar-refractivity contribution in [2.75, 3.05) is 13.2 Å². The summed E-state index contributed by atoms with van der Waals surface area (Å²) in [4.78, 5) is 0. The molecule has 6 aromatic rings. The molecule has 0 unspecified atom stereocenters. The lowest BCUT2D eigenvalue weighted by atomic mass is 9.98. The molecule has 6 aromatic carbocycles. The number of hydrogen-bond donors (Lipinski definition) is 2. The molecule has 6 rings (SSSR count). The molecule has 7 heteroatoms. The number of nitrogens with zero attached hydrogens (tertiary/aromatic N) is 2. The van der Waals surface area contributed by atoms with Crippen molar-refractivity contribution < 1.29 is 19.0 Å². The second kappa shape index (κ2) is 23.6. The summed E-state index contributed by atoms with van der Waals surface area (Å²) < 4.78 is 30.0. The number of unbranched alkanes of at least 4 members (excludes halogenated alkanes) is 4. The standard InChI is InChI=1S/C25H20FNO.C19H11BrFN.C6H10O/c26-25-17-23(14-15-24(25)22-12-8-20(18-27)9-13-22)21-10-6-19(7-11-21)5-3-1-2-4-16-28;20-17-8-5-14(6-9-17)16-7-10-18(19(21)11-16)15-3-1-13(12-22)2-4-15;1-2-3-4-5-6-7/h6-15,17,28H,1-2,4,16H2;1-11H;1,7H,3-6H2. The number of aliphatic hydroxyl groups excluding tert-OH is 2. The van der Waals surface area contributed by atoms with E-state index in [0.29, 0.717) is 22.3 Å². The average molecular weight is 820 g/mol. The van der Waals surface area contributed by atoms with E-state index >= 15 is 0 Å². The minimum atomic E-state index is -0.296. The minimum Gasteiger partial charge on any atom is -0.396 e. The van der Waals surface area contributed by atoms with Crippen molar-refractivity contribution >= 4 is 15.9 Å². The minimum absolute atomic E-state index is 0.205. The maximum atomic E-state index is 14.6. The first kappa shape index (κ1) is 43.4. The van der Waals surface area contributed by atoms with Gasteiger partial charge in [-0.25, -0.2) is 8.78 Å². The van der Waals surface area contributed by atoms with Crippen molar-refractivity contribution in [1.29, 1.82) is 10.5 Å². The van der Waals surface area contributed by atoms with Gasteiger partial charge in [-0.05, 0) is 120 Å². The zero-order chi connectivity index (χ0) is 40.8. The Morgan fingerprint density at radius 2 is 0.877 bits per heavy atom. The van der Waals surface area contributed by atoms with Crippen molar-refractivity contribution in [3.63, 3.8) is 0 Å². The molecule has 0 saturated carbocycles.